The third-order valence-electron chi connectivity index (χ3n) is 4.71. The predicted octanol–water partition coefficient (Wildman–Crippen LogP) is 3.32. The van der Waals surface area contributed by atoms with Crippen LogP contribution in [-0.2, 0) is 20.0 Å². The van der Waals surface area contributed by atoms with Gasteiger partial charge in [0.1, 0.15) is 0 Å². The molecule has 0 aromatic heterocycles. The van der Waals surface area contributed by atoms with Gasteiger partial charge in [-0.15, -0.1) is 0 Å². The van der Waals surface area contributed by atoms with Crippen molar-refractivity contribution in [1.29, 1.82) is 0 Å². The summed E-state index contributed by atoms with van der Waals surface area (Å²) < 4.78 is 49.2. The lowest BCUT2D eigenvalue weighted by atomic mass is 10.1. The Bertz CT molecular complexity index is 1380. The van der Waals surface area contributed by atoms with Crippen LogP contribution in [0.15, 0.2) is 92.8 Å². The van der Waals surface area contributed by atoms with Crippen molar-refractivity contribution in [3.8, 4) is 0 Å². The Morgan fingerprint density at radius 2 is 1.15 bits per heavy atom. The number of hydrogen-bond donors (Lipinski definition) is 2. The molecule has 0 spiro atoms. The molecule has 0 unspecified atom stereocenters. The molecule has 0 fully saturated rings. The van der Waals surface area contributed by atoms with Crippen LogP contribution in [-0.4, -0.2) is 28.8 Å². The van der Waals surface area contributed by atoms with Gasteiger partial charge < -0.3 is 0 Å². The maximum absolute atomic E-state index is 12.4. The Balaban J connectivity index is 1.64. The molecule has 0 heterocycles. The lowest BCUT2D eigenvalue weighted by Gasteiger charge is -2.06. The fraction of sp³-hybridized carbons (Fsp3) is 0.130. The first-order valence-electron chi connectivity index (χ1n) is 9.91. The average Bonchev–Trinajstić information content (AvgIpc) is 2.78. The number of sulfonamides is 2. The third-order valence-corrected chi connectivity index (χ3v) is 7.17. The van der Waals surface area contributed by atoms with E-state index in [4.69, 9.17) is 0 Å². The summed E-state index contributed by atoms with van der Waals surface area (Å²) in [6.45, 7) is 5.42. The number of hydrogen-bond acceptors (Lipinski definition) is 6. The van der Waals surface area contributed by atoms with Gasteiger partial charge in [0.15, 0.2) is 0 Å². The second kappa shape index (κ2) is 9.97. The van der Waals surface area contributed by atoms with Gasteiger partial charge in [0.05, 0.1) is 21.7 Å². The van der Waals surface area contributed by atoms with Crippen LogP contribution >= 0.6 is 0 Å². The molecule has 0 aliphatic carbocycles. The molecule has 0 bridgehead atoms. The highest BCUT2D eigenvalue weighted by Gasteiger charge is 2.13. The lowest BCUT2D eigenvalue weighted by Crippen LogP contribution is -2.20. The Labute approximate surface area is 194 Å². The van der Waals surface area contributed by atoms with Gasteiger partial charge in [-0.1, -0.05) is 59.7 Å². The van der Waals surface area contributed by atoms with Crippen molar-refractivity contribution < 1.29 is 16.8 Å². The molecule has 8 nitrogen and oxygen atoms in total. The summed E-state index contributed by atoms with van der Waals surface area (Å²) in [5.74, 6) is 0. The molecule has 3 aromatic rings. The highest BCUT2D eigenvalue weighted by molar-refractivity contribution is 7.89. The molecule has 0 radical (unpaired) electrons. The maximum Gasteiger partial charge on any atom is 0.276 e. The van der Waals surface area contributed by atoms with Crippen molar-refractivity contribution in [3.63, 3.8) is 0 Å². The number of nitrogens with zero attached hydrogens (tertiary/aromatic N) is 2. The Hall–Kier alpha value is -3.50. The van der Waals surface area contributed by atoms with Crippen molar-refractivity contribution in [3.05, 3.63) is 95.1 Å². The molecule has 172 valence electrons. The van der Waals surface area contributed by atoms with Crippen molar-refractivity contribution in [2.45, 2.75) is 30.6 Å². The molecular weight excluding hydrogens is 460 g/mol. The lowest BCUT2D eigenvalue weighted by molar-refractivity contribution is 0.583. The Morgan fingerprint density at radius 1 is 0.697 bits per heavy atom. The first-order valence-corrected chi connectivity index (χ1v) is 12.9. The van der Waals surface area contributed by atoms with E-state index in [0.29, 0.717) is 16.8 Å². The molecule has 0 aliphatic heterocycles. The van der Waals surface area contributed by atoms with Gasteiger partial charge in [-0.3, -0.25) is 0 Å². The van der Waals surface area contributed by atoms with E-state index in [2.05, 4.69) is 19.9 Å². The first kappa shape index (κ1) is 24.1. The molecule has 0 saturated carbocycles. The normalized spacial score (nSPS) is 12.6. The largest absolute Gasteiger partial charge is 0.276 e. The molecule has 0 amide bonds. The molecule has 0 saturated heterocycles. The zero-order valence-corrected chi connectivity index (χ0v) is 20.0. The van der Waals surface area contributed by atoms with Crippen LogP contribution in [0, 0.1) is 13.8 Å². The molecule has 0 atom stereocenters. The summed E-state index contributed by atoms with van der Waals surface area (Å²) >= 11 is 0. The van der Waals surface area contributed by atoms with Crippen LogP contribution in [0.5, 0.6) is 0 Å². The van der Waals surface area contributed by atoms with Crippen molar-refractivity contribution in [2.24, 2.45) is 10.2 Å². The molecule has 33 heavy (non-hydrogen) atoms. The minimum atomic E-state index is -3.76. The summed E-state index contributed by atoms with van der Waals surface area (Å²) in [4.78, 5) is 4.67. The second-order valence-corrected chi connectivity index (χ2v) is 10.7. The highest BCUT2D eigenvalue weighted by atomic mass is 32.2. The van der Waals surface area contributed by atoms with Crippen molar-refractivity contribution in [1.82, 2.24) is 9.66 Å². The van der Waals surface area contributed by atoms with Gasteiger partial charge in [0.25, 0.3) is 20.0 Å². The fourth-order valence-corrected chi connectivity index (χ4v) is 4.36. The van der Waals surface area contributed by atoms with Crippen LogP contribution in [0.2, 0.25) is 0 Å². The van der Waals surface area contributed by atoms with E-state index in [9.17, 15) is 16.8 Å². The SMILES string of the molecule is C/C(=N\NS(=O)(=O)c1ccc(C)cc1)c1ccc(/C=N/NS(=O)(=O)c2ccc(C)cc2)cc1. The third kappa shape index (κ3) is 6.50. The maximum atomic E-state index is 12.4. The highest BCUT2D eigenvalue weighted by Crippen LogP contribution is 2.11. The summed E-state index contributed by atoms with van der Waals surface area (Å²) in [6.07, 6.45) is 1.38. The number of benzene rings is 3. The van der Waals surface area contributed by atoms with Crippen LogP contribution < -0.4 is 9.66 Å². The number of nitrogens with one attached hydrogen (secondary N) is 2. The summed E-state index contributed by atoms with van der Waals surface area (Å²) in [5.41, 5.74) is 3.73. The van der Waals surface area contributed by atoms with Gasteiger partial charge in [-0.25, -0.2) is 4.83 Å². The second-order valence-electron chi connectivity index (χ2n) is 7.39. The minimum absolute atomic E-state index is 0.125. The molecule has 3 aromatic carbocycles. The van der Waals surface area contributed by atoms with Crippen molar-refractivity contribution in [2.75, 3.05) is 0 Å². The summed E-state index contributed by atoms with van der Waals surface area (Å²) in [7, 11) is -7.51. The monoisotopic (exact) mass is 484 g/mol. The molecule has 2 N–H and O–H groups in total. The van der Waals surface area contributed by atoms with Gasteiger partial charge in [-0.05, 0) is 56.2 Å². The smallest absolute Gasteiger partial charge is 0.200 e. The van der Waals surface area contributed by atoms with E-state index in [-0.39, 0.29) is 9.79 Å². The van der Waals surface area contributed by atoms with E-state index in [1.807, 2.05) is 13.8 Å². The van der Waals surface area contributed by atoms with Gasteiger partial charge >= 0.3 is 0 Å². The van der Waals surface area contributed by atoms with Crippen LogP contribution in [0.4, 0.5) is 0 Å². The number of aryl methyl sites for hydroxylation is 2. The van der Waals surface area contributed by atoms with E-state index in [1.54, 1.807) is 55.5 Å². The van der Waals surface area contributed by atoms with E-state index in [1.165, 1.54) is 30.5 Å². The van der Waals surface area contributed by atoms with Crippen LogP contribution in [0.3, 0.4) is 0 Å². The molecular formula is C23H24N4O4S2. The fourth-order valence-electron chi connectivity index (χ4n) is 2.71. The van der Waals surface area contributed by atoms with Crippen LogP contribution in [0.25, 0.3) is 0 Å². The molecule has 10 heteroatoms. The molecule has 0 aliphatic rings. The van der Waals surface area contributed by atoms with Gasteiger partial charge in [0, 0.05) is 0 Å². The first-order chi connectivity index (χ1) is 15.6. The van der Waals surface area contributed by atoms with Crippen LogP contribution in [0.1, 0.15) is 29.2 Å². The number of hydrazone groups is 2. The van der Waals surface area contributed by atoms with Gasteiger partial charge in [-0.2, -0.15) is 31.9 Å². The zero-order valence-electron chi connectivity index (χ0n) is 18.3. The quantitative estimate of drug-likeness (QED) is 0.377. The summed E-state index contributed by atoms with van der Waals surface area (Å²) in [5, 5.41) is 7.79. The molecule has 3 rings (SSSR count). The topological polar surface area (TPSA) is 117 Å². The number of rotatable bonds is 8. The Kier molecular flexibility index (Phi) is 7.29. The minimum Gasteiger partial charge on any atom is -0.200 e. The van der Waals surface area contributed by atoms with Gasteiger partial charge in [0.2, 0.25) is 0 Å². The van der Waals surface area contributed by atoms with E-state index < -0.39 is 20.0 Å². The van der Waals surface area contributed by atoms with E-state index in [0.717, 1.165) is 11.1 Å². The van der Waals surface area contributed by atoms with E-state index >= 15 is 0 Å². The predicted molar refractivity (Wildman–Crippen MR) is 129 cm³/mol. The zero-order chi connectivity index (χ0) is 24.1. The average molecular weight is 485 g/mol. The standard InChI is InChI=1S/C23H24N4O4S2/c1-17-4-12-22(13-5-17)32(28,29)26-24-16-20-8-10-21(11-9-20)19(3)25-27-33(30,31)23-14-6-18(2)7-15-23/h4-16,26-27H,1-3H3/b24-16+,25-19+. The van der Waals surface area contributed by atoms with Crippen molar-refractivity contribution >= 4 is 32.0 Å². The Morgan fingerprint density at radius 3 is 1.64 bits per heavy atom. The summed E-state index contributed by atoms with van der Waals surface area (Å²) in [6, 6.07) is 19.8.